The van der Waals surface area contributed by atoms with E-state index in [1.165, 1.54) is 6.20 Å². The number of benzene rings is 3. The van der Waals surface area contributed by atoms with Gasteiger partial charge in [-0.1, -0.05) is 30.3 Å². The summed E-state index contributed by atoms with van der Waals surface area (Å²) in [5.41, 5.74) is 2.25. The Balaban J connectivity index is 1.44. The molecular weight excluding hydrogens is 362 g/mol. The average molecular weight is 378 g/mol. The zero-order valence-corrected chi connectivity index (χ0v) is 14.7. The van der Waals surface area contributed by atoms with Crippen LogP contribution in [0.15, 0.2) is 72.9 Å². The average Bonchev–Trinajstić information content (AvgIpc) is 3.09. The molecule has 0 fully saturated rings. The van der Waals surface area contributed by atoms with Crippen molar-refractivity contribution in [1.29, 1.82) is 0 Å². The quantitative estimate of drug-likeness (QED) is 0.497. The normalized spacial score (nSPS) is 10.8. The number of anilines is 1. The summed E-state index contributed by atoms with van der Waals surface area (Å²) in [6.07, 6.45) is 1.50. The molecule has 0 bridgehead atoms. The summed E-state index contributed by atoms with van der Waals surface area (Å²) in [7, 11) is 0. The topological polar surface area (TPSA) is 54.1 Å². The zero-order chi connectivity index (χ0) is 19.5. The van der Waals surface area contributed by atoms with Gasteiger partial charge in [0.15, 0.2) is 11.6 Å². The highest BCUT2D eigenvalue weighted by Gasteiger charge is 2.13. The van der Waals surface area contributed by atoms with Crippen LogP contribution in [0, 0.1) is 11.6 Å². The van der Waals surface area contributed by atoms with E-state index >= 15 is 0 Å². The number of fused-ring (bicyclic) bond motifs is 1. The largest absolute Gasteiger partial charge is 0.489 e. The van der Waals surface area contributed by atoms with E-state index in [0.29, 0.717) is 34.5 Å². The lowest BCUT2D eigenvalue weighted by atomic mass is 10.2. The summed E-state index contributed by atoms with van der Waals surface area (Å²) >= 11 is 0. The van der Waals surface area contributed by atoms with E-state index in [2.05, 4.69) is 10.3 Å². The van der Waals surface area contributed by atoms with Crippen molar-refractivity contribution >= 4 is 22.5 Å². The number of aromatic amines is 1. The van der Waals surface area contributed by atoms with Crippen molar-refractivity contribution in [1.82, 2.24) is 4.98 Å². The van der Waals surface area contributed by atoms with Gasteiger partial charge in [-0.2, -0.15) is 0 Å². The van der Waals surface area contributed by atoms with Gasteiger partial charge in [-0.25, -0.2) is 8.78 Å². The van der Waals surface area contributed by atoms with E-state index in [1.807, 2.05) is 30.3 Å². The van der Waals surface area contributed by atoms with Gasteiger partial charge in [0.05, 0.1) is 11.2 Å². The second-order valence-electron chi connectivity index (χ2n) is 6.27. The van der Waals surface area contributed by atoms with Crippen molar-refractivity contribution < 1.29 is 18.3 Å². The Morgan fingerprint density at radius 3 is 2.43 bits per heavy atom. The number of ether oxygens (including phenoxy) is 1. The SMILES string of the molecule is O=C(Nc1c[nH]c2cc(F)c(F)cc12)c1ccc(OCc2ccccc2)cc1. The lowest BCUT2D eigenvalue weighted by Crippen LogP contribution is -2.11. The highest BCUT2D eigenvalue weighted by atomic mass is 19.2. The fourth-order valence-corrected chi connectivity index (χ4v) is 2.86. The molecule has 1 amide bonds. The summed E-state index contributed by atoms with van der Waals surface area (Å²) in [6, 6.07) is 18.6. The van der Waals surface area contributed by atoms with Crippen molar-refractivity contribution in [2.45, 2.75) is 6.61 Å². The number of carbonyl (C=O) groups is 1. The minimum Gasteiger partial charge on any atom is -0.489 e. The highest BCUT2D eigenvalue weighted by molar-refractivity contribution is 6.09. The standard InChI is InChI=1S/C22H16F2N2O2/c23-18-10-17-20(11-19(18)24)25-12-21(17)26-22(27)15-6-8-16(9-7-15)28-13-14-4-2-1-3-5-14/h1-12,25H,13H2,(H,26,27). The third kappa shape index (κ3) is 3.71. The molecule has 4 aromatic rings. The maximum absolute atomic E-state index is 13.5. The molecular formula is C22H16F2N2O2. The summed E-state index contributed by atoms with van der Waals surface area (Å²) in [5.74, 6) is -1.63. The summed E-state index contributed by atoms with van der Waals surface area (Å²) < 4.78 is 32.5. The molecule has 28 heavy (non-hydrogen) atoms. The molecule has 0 saturated carbocycles. The number of hydrogen-bond donors (Lipinski definition) is 2. The third-order valence-electron chi connectivity index (χ3n) is 4.34. The first-order valence-electron chi connectivity index (χ1n) is 8.64. The molecule has 0 saturated heterocycles. The molecule has 4 nitrogen and oxygen atoms in total. The van der Waals surface area contributed by atoms with Gasteiger partial charge in [-0.15, -0.1) is 0 Å². The molecule has 6 heteroatoms. The van der Waals surface area contributed by atoms with Gasteiger partial charge in [0.2, 0.25) is 0 Å². The number of nitrogens with one attached hydrogen (secondary N) is 2. The predicted molar refractivity (Wildman–Crippen MR) is 103 cm³/mol. The molecule has 3 aromatic carbocycles. The van der Waals surface area contributed by atoms with Crippen LogP contribution in [0.1, 0.15) is 15.9 Å². The van der Waals surface area contributed by atoms with Crippen LogP contribution in [-0.2, 0) is 6.61 Å². The fourth-order valence-electron chi connectivity index (χ4n) is 2.86. The van der Waals surface area contributed by atoms with Crippen molar-refractivity contribution in [3.05, 3.63) is 95.7 Å². The summed E-state index contributed by atoms with van der Waals surface area (Å²) in [4.78, 5) is 15.3. The van der Waals surface area contributed by atoms with E-state index in [-0.39, 0.29) is 5.91 Å². The minimum absolute atomic E-state index is 0.361. The second-order valence-corrected chi connectivity index (χ2v) is 6.27. The number of halogens is 2. The van der Waals surface area contributed by atoms with E-state index in [9.17, 15) is 13.6 Å². The lowest BCUT2D eigenvalue weighted by Gasteiger charge is -2.08. The Bertz CT molecular complexity index is 1120. The van der Waals surface area contributed by atoms with Crippen LogP contribution in [0.4, 0.5) is 14.5 Å². The summed E-state index contributed by atoms with van der Waals surface area (Å²) in [6.45, 7) is 0.434. The van der Waals surface area contributed by atoms with Gasteiger partial charge in [0.25, 0.3) is 5.91 Å². The number of aromatic nitrogens is 1. The molecule has 1 aromatic heterocycles. The number of carbonyl (C=O) groups excluding carboxylic acids is 1. The van der Waals surface area contributed by atoms with Crippen LogP contribution in [0.2, 0.25) is 0 Å². The Morgan fingerprint density at radius 2 is 1.68 bits per heavy atom. The van der Waals surface area contributed by atoms with Crippen molar-refractivity contribution in [3.63, 3.8) is 0 Å². The van der Waals surface area contributed by atoms with Gasteiger partial charge < -0.3 is 15.0 Å². The molecule has 0 radical (unpaired) electrons. The van der Waals surface area contributed by atoms with E-state index in [1.54, 1.807) is 24.3 Å². The lowest BCUT2D eigenvalue weighted by molar-refractivity contribution is 0.102. The first-order valence-corrected chi connectivity index (χ1v) is 8.64. The molecule has 4 rings (SSSR count). The van der Waals surface area contributed by atoms with Crippen LogP contribution in [0.25, 0.3) is 10.9 Å². The van der Waals surface area contributed by atoms with E-state index in [0.717, 1.165) is 17.7 Å². The number of amides is 1. The molecule has 2 N–H and O–H groups in total. The van der Waals surface area contributed by atoms with Crippen LogP contribution in [0.5, 0.6) is 5.75 Å². The summed E-state index contributed by atoms with van der Waals surface area (Å²) in [5, 5.41) is 3.10. The maximum atomic E-state index is 13.5. The minimum atomic E-state index is -0.970. The Labute approximate surface area is 159 Å². The van der Waals surface area contributed by atoms with Gasteiger partial charge in [0, 0.05) is 23.2 Å². The van der Waals surface area contributed by atoms with Gasteiger partial charge in [0.1, 0.15) is 12.4 Å². The Morgan fingerprint density at radius 1 is 0.964 bits per heavy atom. The Hall–Kier alpha value is -3.67. The molecule has 0 aliphatic heterocycles. The third-order valence-corrected chi connectivity index (χ3v) is 4.34. The van der Waals surface area contributed by atoms with Gasteiger partial charge >= 0.3 is 0 Å². The van der Waals surface area contributed by atoms with Crippen molar-refractivity contribution in [2.75, 3.05) is 5.32 Å². The molecule has 0 spiro atoms. The van der Waals surface area contributed by atoms with Crippen molar-refractivity contribution in [2.24, 2.45) is 0 Å². The van der Waals surface area contributed by atoms with E-state index < -0.39 is 11.6 Å². The van der Waals surface area contributed by atoms with E-state index in [4.69, 9.17) is 4.74 Å². The van der Waals surface area contributed by atoms with Crippen LogP contribution < -0.4 is 10.1 Å². The van der Waals surface area contributed by atoms with Gasteiger partial charge in [-0.3, -0.25) is 4.79 Å². The molecule has 0 aliphatic carbocycles. The zero-order valence-electron chi connectivity index (χ0n) is 14.7. The maximum Gasteiger partial charge on any atom is 0.255 e. The Kier molecular flexibility index (Phi) is 4.76. The predicted octanol–water partition coefficient (Wildman–Crippen LogP) is 5.28. The fraction of sp³-hybridized carbons (Fsp3) is 0.0455. The molecule has 0 unspecified atom stereocenters. The molecule has 0 aliphatic rings. The number of H-pyrrole nitrogens is 1. The molecule has 1 heterocycles. The first-order chi connectivity index (χ1) is 13.6. The highest BCUT2D eigenvalue weighted by Crippen LogP contribution is 2.26. The number of rotatable bonds is 5. The van der Waals surface area contributed by atoms with Crippen LogP contribution >= 0.6 is 0 Å². The monoisotopic (exact) mass is 378 g/mol. The smallest absolute Gasteiger partial charge is 0.255 e. The molecule has 0 atom stereocenters. The van der Waals surface area contributed by atoms with Crippen LogP contribution in [-0.4, -0.2) is 10.9 Å². The first kappa shape index (κ1) is 17.7. The van der Waals surface area contributed by atoms with Crippen LogP contribution in [0.3, 0.4) is 0 Å². The van der Waals surface area contributed by atoms with Crippen molar-refractivity contribution in [3.8, 4) is 5.75 Å². The van der Waals surface area contributed by atoms with Gasteiger partial charge in [-0.05, 0) is 35.9 Å². The molecule has 140 valence electrons. The number of hydrogen-bond acceptors (Lipinski definition) is 2. The second kappa shape index (κ2) is 7.52.